The van der Waals surface area contributed by atoms with Crippen molar-refractivity contribution in [1.29, 1.82) is 0 Å². The van der Waals surface area contributed by atoms with Crippen LogP contribution < -0.4 is 0 Å². The summed E-state index contributed by atoms with van der Waals surface area (Å²) in [5, 5.41) is 7.22. The lowest BCUT2D eigenvalue weighted by molar-refractivity contribution is 1.15. The largest absolute Gasteiger partial charge is 0.309 e. The van der Waals surface area contributed by atoms with Gasteiger partial charge in [0.2, 0.25) is 0 Å². The maximum Gasteiger partial charge on any atom is 0.163 e. The average molecular weight is 669 g/mol. The van der Waals surface area contributed by atoms with Crippen molar-refractivity contribution in [2.45, 2.75) is 0 Å². The van der Waals surface area contributed by atoms with Gasteiger partial charge in [-0.1, -0.05) is 121 Å². The van der Waals surface area contributed by atoms with Crippen molar-refractivity contribution in [1.82, 2.24) is 19.1 Å². The van der Waals surface area contributed by atoms with Crippen LogP contribution >= 0.6 is 11.3 Å². The molecule has 0 aliphatic carbocycles. The standard InChI is InChI=1S/C46H28N4S/c1-3-15-29(16-4-1)43-42-35-22-10-14-26-40(35)51-46(42)48-45(47-43)34-21-9-13-25-38(34)50-37-24-12-8-20-33(37)41-39(50)28-27-32-31-19-7-11-23-36(31)49(44(32)41)30-17-5-2-6-18-30/h1-28H. The highest BCUT2D eigenvalue weighted by molar-refractivity contribution is 7.25. The Morgan fingerprint density at radius 3 is 1.90 bits per heavy atom. The normalized spacial score (nSPS) is 11.9. The van der Waals surface area contributed by atoms with Gasteiger partial charge in [0, 0.05) is 53.8 Å². The molecule has 0 N–H and O–H groups in total. The van der Waals surface area contributed by atoms with Crippen LogP contribution in [-0.2, 0) is 0 Å². The second-order valence-electron chi connectivity index (χ2n) is 13.0. The van der Waals surface area contributed by atoms with Crippen molar-refractivity contribution in [3.8, 4) is 34.0 Å². The highest BCUT2D eigenvalue weighted by Gasteiger charge is 2.23. The van der Waals surface area contributed by atoms with E-state index in [1.54, 1.807) is 11.3 Å². The average Bonchev–Trinajstić information content (AvgIpc) is 3.86. The van der Waals surface area contributed by atoms with Crippen LogP contribution in [0.4, 0.5) is 0 Å². The lowest BCUT2D eigenvalue weighted by Crippen LogP contribution is -2.00. The van der Waals surface area contributed by atoms with Gasteiger partial charge in [0.1, 0.15) is 4.83 Å². The zero-order chi connectivity index (χ0) is 33.5. The van der Waals surface area contributed by atoms with E-state index in [1.165, 1.54) is 42.7 Å². The first-order valence-corrected chi connectivity index (χ1v) is 18.0. The van der Waals surface area contributed by atoms with E-state index in [9.17, 15) is 0 Å². The van der Waals surface area contributed by atoms with Crippen LogP contribution in [0, 0.1) is 0 Å². The first-order valence-electron chi connectivity index (χ1n) is 17.2. The van der Waals surface area contributed by atoms with Gasteiger partial charge < -0.3 is 9.13 Å². The monoisotopic (exact) mass is 668 g/mol. The van der Waals surface area contributed by atoms with Gasteiger partial charge in [0.25, 0.3) is 0 Å². The van der Waals surface area contributed by atoms with E-state index in [1.807, 2.05) is 0 Å². The number of fused-ring (bicyclic) bond motifs is 10. The minimum Gasteiger partial charge on any atom is -0.309 e. The van der Waals surface area contributed by atoms with Crippen molar-refractivity contribution in [2.75, 3.05) is 0 Å². The van der Waals surface area contributed by atoms with Crippen LogP contribution in [0.3, 0.4) is 0 Å². The zero-order valence-electron chi connectivity index (χ0n) is 27.4. The van der Waals surface area contributed by atoms with Gasteiger partial charge >= 0.3 is 0 Å². The molecule has 0 saturated heterocycles. The fourth-order valence-electron chi connectivity index (χ4n) is 8.02. The third-order valence-electron chi connectivity index (χ3n) is 10.2. The van der Waals surface area contributed by atoms with Gasteiger partial charge in [-0.25, -0.2) is 9.97 Å². The minimum atomic E-state index is 0.717. The molecule has 0 fully saturated rings. The fourth-order valence-corrected chi connectivity index (χ4v) is 9.10. The molecule has 7 aromatic carbocycles. The molecule has 0 bridgehead atoms. The molecular formula is C46H28N4S. The van der Waals surface area contributed by atoms with Gasteiger partial charge in [-0.15, -0.1) is 11.3 Å². The molecule has 0 spiro atoms. The van der Waals surface area contributed by atoms with Gasteiger partial charge in [0.15, 0.2) is 5.82 Å². The van der Waals surface area contributed by atoms with Crippen molar-refractivity contribution in [3.05, 3.63) is 170 Å². The van der Waals surface area contributed by atoms with E-state index in [0.717, 1.165) is 49.4 Å². The Labute approximate surface area is 297 Å². The SMILES string of the molecule is c1ccc(-c2nc(-c3ccccc3-n3c4ccccc4c4c3ccc3c5ccccc5n(-c5ccccc5)c34)nc3sc4ccccc4c23)cc1. The molecule has 4 nitrogen and oxygen atoms in total. The third-order valence-corrected chi connectivity index (χ3v) is 11.2. The Bertz CT molecular complexity index is 3130. The fraction of sp³-hybridized carbons (Fsp3) is 0. The first-order chi connectivity index (χ1) is 25.3. The second-order valence-corrected chi connectivity index (χ2v) is 14.0. The Morgan fingerprint density at radius 2 is 1.08 bits per heavy atom. The molecule has 4 aromatic heterocycles. The lowest BCUT2D eigenvalue weighted by Gasteiger charge is -2.14. The van der Waals surface area contributed by atoms with Crippen LogP contribution in [-0.4, -0.2) is 19.1 Å². The molecule has 11 rings (SSSR count). The van der Waals surface area contributed by atoms with Crippen LogP contribution in [0.25, 0.3) is 97.9 Å². The van der Waals surface area contributed by atoms with Crippen LogP contribution in [0.1, 0.15) is 0 Å². The Kier molecular flexibility index (Phi) is 6.09. The van der Waals surface area contributed by atoms with E-state index < -0.39 is 0 Å². The van der Waals surface area contributed by atoms with E-state index in [2.05, 4.69) is 179 Å². The summed E-state index contributed by atoms with van der Waals surface area (Å²) in [5.41, 5.74) is 9.91. The predicted molar refractivity (Wildman–Crippen MR) is 214 cm³/mol. The topological polar surface area (TPSA) is 35.6 Å². The van der Waals surface area contributed by atoms with Gasteiger partial charge in [-0.3, -0.25) is 0 Å². The summed E-state index contributed by atoms with van der Waals surface area (Å²) in [4.78, 5) is 11.7. The number of nitrogens with zero attached hydrogens (tertiary/aromatic N) is 4. The summed E-state index contributed by atoms with van der Waals surface area (Å²) in [7, 11) is 0. The lowest BCUT2D eigenvalue weighted by atomic mass is 10.1. The van der Waals surface area contributed by atoms with E-state index in [4.69, 9.17) is 9.97 Å². The molecule has 5 heteroatoms. The van der Waals surface area contributed by atoms with E-state index >= 15 is 0 Å². The smallest absolute Gasteiger partial charge is 0.163 e. The molecule has 0 saturated carbocycles. The van der Waals surface area contributed by atoms with Gasteiger partial charge in [-0.2, -0.15) is 0 Å². The van der Waals surface area contributed by atoms with Crippen molar-refractivity contribution in [3.63, 3.8) is 0 Å². The van der Waals surface area contributed by atoms with E-state index in [0.29, 0.717) is 5.82 Å². The maximum absolute atomic E-state index is 5.41. The molecule has 0 aliphatic heterocycles. The Hall–Kier alpha value is -6.56. The molecule has 0 atom stereocenters. The summed E-state index contributed by atoms with van der Waals surface area (Å²) in [6, 6.07) is 60.5. The number of para-hydroxylation sites is 4. The summed E-state index contributed by atoms with van der Waals surface area (Å²) in [5.74, 6) is 0.717. The minimum absolute atomic E-state index is 0.717. The van der Waals surface area contributed by atoms with Gasteiger partial charge in [0.05, 0.1) is 33.4 Å². The van der Waals surface area contributed by atoms with Crippen LogP contribution in [0.5, 0.6) is 0 Å². The molecule has 0 unspecified atom stereocenters. The molecule has 0 radical (unpaired) electrons. The van der Waals surface area contributed by atoms with Crippen LogP contribution in [0.2, 0.25) is 0 Å². The summed E-state index contributed by atoms with van der Waals surface area (Å²) >= 11 is 1.73. The highest BCUT2D eigenvalue weighted by Crippen LogP contribution is 2.44. The molecule has 11 aromatic rings. The Balaban J connectivity index is 1.25. The molecule has 0 aliphatic rings. The molecule has 51 heavy (non-hydrogen) atoms. The maximum atomic E-state index is 5.41. The number of thiophene rings is 1. The summed E-state index contributed by atoms with van der Waals surface area (Å²) in [6.45, 7) is 0. The van der Waals surface area contributed by atoms with Crippen molar-refractivity contribution < 1.29 is 0 Å². The zero-order valence-corrected chi connectivity index (χ0v) is 28.2. The Morgan fingerprint density at radius 1 is 0.431 bits per heavy atom. The number of hydrogen-bond donors (Lipinski definition) is 0. The molecular weight excluding hydrogens is 641 g/mol. The molecule has 4 heterocycles. The number of benzene rings is 7. The summed E-state index contributed by atoms with van der Waals surface area (Å²) < 4.78 is 6.05. The number of rotatable bonds is 4. The quantitative estimate of drug-likeness (QED) is 0.187. The van der Waals surface area contributed by atoms with Gasteiger partial charge in [-0.05, 0) is 48.5 Å². The third kappa shape index (κ3) is 4.13. The van der Waals surface area contributed by atoms with E-state index in [-0.39, 0.29) is 0 Å². The highest BCUT2D eigenvalue weighted by atomic mass is 32.1. The number of hydrogen-bond acceptors (Lipinski definition) is 3. The van der Waals surface area contributed by atoms with Crippen LogP contribution in [0.15, 0.2) is 170 Å². The van der Waals surface area contributed by atoms with Crippen molar-refractivity contribution >= 4 is 75.3 Å². The second kappa shape index (κ2) is 11.0. The molecule has 0 amide bonds. The predicted octanol–water partition coefficient (Wildman–Crippen LogP) is 12.4. The number of aromatic nitrogens is 4. The van der Waals surface area contributed by atoms with Crippen molar-refractivity contribution in [2.24, 2.45) is 0 Å². The summed E-state index contributed by atoms with van der Waals surface area (Å²) in [6.07, 6.45) is 0. The first kappa shape index (κ1) is 28.3. The molecule has 238 valence electrons.